The van der Waals surface area contributed by atoms with Crippen molar-refractivity contribution in [3.8, 4) is 0 Å². The summed E-state index contributed by atoms with van der Waals surface area (Å²) >= 11 is 0. The van der Waals surface area contributed by atoms with Gasteiger partial charge < -0.3 is 13.9 Å². The molecule has 1 aromatic rings. The van der Waals surface area contributed by atoms with Gasteiger partial charge in [-0.05, 0) is 26.0 Å². The Bertz CT molecular complexity index is 449. The van der Waals surface area contributed by atoms with Crippen molar-refractivity contribution in [1.29, 1.82) is 0 Å². The number of carbonyl (C=O) groups excluding carboxylic acids is 1. The van der Waals surface area contributed by atoms with Crippen LogP contribution in [0.4, 0.5) is 0 Å². The van der Waals surface area contributed by atoms with Crippen LogP contribution in [0.5, 0.6) is 0 Å². The van der Waals surface area contributed by atoms with Crippen LogP contribution in [-0.2, 0) is 14.3 Å². The van der Waals surface area contributed by atoms with Gasteiger partial charge in [-0.15, -0.1) is 0 Å². The molecule has 2 heterocycles. The Balaban J connectivity index is 2.20. The van der Waals surface area contributed by atoms with Crippen LogP contribution < -0.4 is 0 Å². The van der Waals surface area contributed by atoms with E-state index in [2.05, 4.69) is 4.99 Å². The molecule has 1 aliphatic rings. The second-order valence-corrected chi connectivity index (χ2v) is 3.83. The summed E-state index contributed by atoms with van der Waals surface area (Å²) in [6.07, 6.45) is -0.511. The van der Waals surface area contributed by atoms with Crippen molar-refractivity contribution < 1.29 is 18.7 Å². The number of aliphatic imine (C=N–C) groups is 1. The highest BCUT2D eigenvalue weighted by molar-refractivity contribution is 5.85. The lowest BCUT2D eigenvalue weighted by Gasteiger charge is -2.13. The van der Waals surface area contributed by atoms with Gasteiger partial charge in [0, 0.05) is 6.92 Å². The molecule has 0 N–H and O–H groups in total. The van der Waals surface area contributed by atoms with Crippen molar-refractivity contribution in [2.24, 2.45) is 4.99 Å². The second-order valence-electron chi connectivity index (χ2n) is 3.83. The number of hydrogen-bond acceptors (Lipinski definition) is 5. The normalized spacial score (nSPS) is 23.1. The number of esters is 1. The van der Waals surface area contributed by atoms with E-state index in [1.807, 2.05) is 13.0 Å². The molecule has 2 atom stereocenters. The summed E-state index contributed by atoms with van der Waals surface area (Å²) in [5.74, 6) is 1.46. The Morgan fingerprint density at radius 2 is 2.24 bits per heavy atom. The predicted molar refractivity (Wildman–Crippen MR) is 60.8 cm³/mol. The Hall–Kier alpha value is -1.78. The number of ether oxygens (including phenoxy) is 2. The summed E-state index contributed by atoms with van der Waals surface area (Å²) in [4.78, 5) is 15.9. The highest BCUT2D eigenvalue weighted by atomic mass is 16.5. The summed E-state index contributed by atoms with van der Waals surface area (Å²) in [5.41, 5.74) is 0. The van der Waals surface area contributed by atoms with Gasteiger partial charge in [0.15, 0.2) is 18.0 Å². The molecule has 0 spiro atoms. The number of rotatable bonds is 3. The van der Waals surface area contributed by atoms with E-state index in [4.69, 9.17) is 13.9 Å². The predicted octanol–water partition coefficient (Wildman–Crippen LogP) is 2.01. The third-order valence-electron chi connectivity index (χ3n) is 2.47. The van der Waals surface area contributed by atoms with Gasteiger partial charge in [-0.1, -0.05) is 0 Å². The van der Waals surface area contributed by atoms with Crippen LogP contribution in [0.1, 0.15) is 31.5 Å². The van der Waals surface area contributed by atoms with Crippen molar-refractivity contribution in [2.45, 2.75) is 32.9 Å². The third kappa shape index (κ3) is 2.33. The third-order valence-corrected chi connectivity index (χ3v) is 2.47. The molecule has 5 heteroatoms. The lowest BCUT2D eigenvalue weighted by Crippen LogP contribution is -2.26. The number of furan rings is 1. The average Bonchev–Trinajstić information content (AvgIpc) is 2.84. The fourth-order valence-corrected chi connectivity index (χ4v) is 1.77. The van der Waals surface area contributed by atoms with Crippen LogP contribution in [0.25, 0.3) is 0 Å². The van der Waals surface area contributed by atoms with Gasteiger partial charge in [-0.2, -0.15) is 0 Å². The molecule has 5 nitrogen and oxygen atoms in total. The monoisotopic (exact) mass is 237 g/mol. The van der Waals surface area contributed by atoms with Crippen molar-refractivity contribution in [3.05, 3.63) is 23.7 Å². The van der Waals surface area contributed by atoms with Gasteiger partial charge in [0.05, 0.1) is 6.61 Å². The van der Waals surface area contributed by atoms with Gasteiger partial charge in [0.25, 0.3) is 0 Å². The molecule has 0 aromatic carbocycles. The number of carbonyl (C=O) groups is 1. The first-order valence-corrected chi connectivity index (χ1v) is 5.56. The first-order valence-electron chi connectivity index (χ1n) is 5.56. The quantitative estimate of drug-likeness (QED) is 0.754. The summed E-state index contributed by atoms with van der Waals surface area (Å²) in [6.45, 7) is 5.64. The van der Waals surface area contributed by atoms with Crippen molar-refractivity contribution in [1.82, 2.24) is 0 Å². The maximum Gasteiger partial charge on any atom is 0.335 e. The summed E-state index contributed by atoms with van der Waals surface area (Å²) < 4.78 is 15.9. The van der Waals surface area contributed by atoms with Crippen molar-refractivity contribution in [2.75, 3.05) is 6.61 Å². The SMILES string of the molecule is CCOC(=O)C1N=C(C)OC1c1ccc(C)o1. The van der Waals surface area contributed by atoms with Crippen LogP contribution >= 0.6 is 0 Å². The van der Waals surface area contributed by atoms with Crippen LogP contribution in [0.15, 0.2) is 21.5 Å². The molecule has 0 saturated heterocycles. The van der Waals surface area contributed by atoms with E-state index >= 15 is 0 Å². The van der Waals surface area contributed by atoms with Gasteiger partial charge >= 0.3 is 5.97 Å². The van der Waals surface area contributed by atoms with Crippen LogP contribution in [0.2, 0.25) is 0 Å². The fourth-order valence-electron chi connectivity index (χ4n) is 1.77. The minimum Gasteiger partial charge on any atom is -0.467 e. The molecule has 2 unspecified atom stereocenters. The van der Waals surface area contributed by atoms with Crippen LogP contribution in [0, 0.1) is 6.92 Å². The van der Waals surface area contributed by atoms with Crippen LogP contribution in [0.3, 0.4) is 0 Å². The number of hydrogen-bond donors (Lipinski definition) is 0. The molecule has 92 valence electrons. The molecule has 0 saturated carbocycles. The van der Waals surface area contributed by atoms with Gasteiger partial charge in [0.2, 0.25) is 0 Å². The highest BCUT2D eigenvalue weighted by Crippen LogP contribution is 2.31. The fraction of sp³-hybridized carbons (Fsp3) is 0.500. The molecule has 1 aromatic heterocycles. The van der Waals surface area contributed by atoms with E-state index < -0.39 is 12.1 Å². The zero-order valence-electron chi connectivity index (χ0n) is 10.1. The van der Waals surface area contributed by atoms with Crippen LogP contribution in [-0.4, -0.2) is 24.5 Å². The van der Waals surface area contributed by atoms with E-state index in [1.165, 1.54) is 0 Å². The van der Waals surface area contributed by atoms with Crippen molar-refractivity contribution in [3.63, 3.8) is 0 Å². The standard InChI is InChI=1S/C12H15NO4/c1-4-15-12(14)10-11(17-8(3)13-10)9-6-5-7(2)16-9/h5-6,10-11H,4H2,1-3H3. The molecule has 0 fully saturated rings. The molecule has 0 aliphatic carbocycles. The largest absolute Gasteiger partial charge is 0.467 e. The molecule has 1 aliphatic heterocycles. The summed E-state index contributed by atoms with van der Waals surface area (Å²) in [6, 6.07) is 2.95. The molecule has 17 heavy (non-hydrogen) atoms. The molecular formula is C12H15NO4. The minimum absolute atomic E-state index is 0.327. The maximum absolute atomic E-state index is 11.7. The molecule has 0 bridgehead atoms. The number of aryl methyl sites for hydroxylation is 1. The molecular weight excluding hydrogens is 222 g/mol. The lowest BCUT2D eigenvalue weighted by atomic mass is 10.1. The highest BCUT2D eigenvalue weighted by Gasteiger charge is 2.39. The summed E-state index contributed by atoms with van der Waals surface area (Å²) in [5, 5.41) is 0. The van der Waals surface area contributed by atoms with Gasteiger partial charge in [0.1, 0.15) is 11.5 Å². The topological polar surface area (TPSA) is 61.0 Å². The molecule has 0 amide bonds. The molecule has 2 rings (SSSR count). The Kier molecular flexibility index (Phi) is 3.17. The van der Waals surface area contributed by atoms with Gasteiger partial charge in [-0.25, -0.2) is 9.79 Å². The van der Waals surface area contributed by atoms with Gasteiger partial charge in [-0.3, -0.25) is 0 Å². The average molecular weight is 237 g/mol. The maximum atomic E-state index is 11.7. The zero-order valence-corrected chi connectivity index (χ0v) is 10.1. The van der Waals surface area contributed by atoms with E-state index in [-0.39, 0.29) is 5.97 Å². The van der Waals surface area contributed by atoms with E-state index in [9.17, 15) is 4.79 Å². The Morgan fingerprint density at radius 1 is 1.47 bits per heavy atom. The minimum atomic E-state index is -0.666. The van der Waals surface area contributed by atoms with E-state index in [0.29, 0.717) is 18.3 Å². The van der Waals surface area contributed by atoms with E-state index in [0.717, 1.165) is 5.76 Å². The van der Waals surface area contributed by atoms with E-state index in [1.54, 1.807) is 19.9 Å². The first-order chi connectivity index (χ1) is 8.11. The van der Waals surface area contributed by atoms with Crippen molar-refractivity contribution >= 4 is 11.9 Å². The second kappa shape index (κ2) is 4.61. The Labute approximate surface area is 99.4 Å². The number of nitrogens with zero attached hydrogens (tertiary/aromatic N) is 1. The first kappa shape index (κ1) is 11.7. The zero-order chi connectivity index (χ0) is 12.4. The Morgan fingerprint density at radius 3 is 2.82 bits per heavy atom. The lowest BCUT2D eigenvalue weighted by molar-refractivity contribution is -0.146. The molecule has 0 radical (unpaired) electrons. The summed E-state index contributed by atoms with van der Waals surface area (Å²) in [7, 11) is 0. The smallest absolute Gasteiger partial charge is 0.335 e.